The highest BCUT2D eigenvalue weighted by atomic mass is 14.6. The summed E-state index contributed by atoms with van der Waals surface area (Å²) in [5.41, 5.74) is 38.4. The summed E-state index contributed by atoms with van der Waals surface area (Å²) in [6.07, 6.45) is 0. The Kier molecular flexibility index (Phi) is 7.68. The molecule has 47 heavy (non-hydrogen) atoms. The van der Waals surface area contributed by atoms with E-state index in [1.165, 1.54) is 0 Å². The fourth-order valence-corrected chi connectivity index (χ4v) is 6.76. The van der Waals surface area contributed by atoms with Gasteiger partial charge in [0, 0.05) is 45.0 Å². The molecule has 7 aromatic carbocycles. The molecule has 0 saturated carbocycles. The summed E-state index contributed by atoms with van der Waals surface area (Å²) in [6.45, 7) is 0. The van der Waals surface area contributed by atoms with Gasteiger partial charge in [-0.15, -0.1) is 0 Å². The summed E-state index contributed by atoms with van der Waals surface area (Å²) >= 11 is 0. The maximum absolute atomic E-state index is 6.68. The molecule has 0 aliphatic heterocycles. The highest BCUT2D eigenvalue weighted by Crippen LogP contribution is 2.49. The molecule has 0 aliphatic carbocycles. The average Bonchev–Trinajstić information content (AvgIpc) is 3.12. The molecule has 0 fully saturated rings. The summed E-state index contributed by atoms with van der Waals surface area (Å²) in [4.78, 5) is 0. The van der Waals surface area contributed by atoms with Crippen LogP contribution in [0.25, 0.3) is 33.4 Å². The third-order valence-corrected chi connectivity index (χ3v) is 9.11. The van der Waals surface area contributed by atoms with Crippen LogP contribution in [0, 0.1) is 0 Å². The van der Waals surface area contributed by atoms with Gasteiger partial charge in [0.25, 0.3) is 0 Å². The van der Waals surface area contributed by atoms with Gasteiger partial charge in [-0.2, -0.15) is 0 Å². The lowest BCUT2D eigenvalue weighted by molar-refractivity contribution is 0.746. The van der Waals surface area contributed by atoms with Crippen LogP contribution in [-0.4, -0.2) is 0 Å². The number of hydrogen-bond donors (Lipinski definition) is 4. The van der Waals surface area contributed by atoms with Crippen LogP contribution in [0.5, 0.6) is 0 Å². The number of rotatable bonds is 7. The predicted octanol–water partition coefficient (Wildman–Crippen LogP) is 9.40. The van der Waals surface area contributed by atoms with Crippen LogP contribution < -0.4 is 22.9 Å². The lowest BCUT2D eigenvalue weighted by Crippen LogP contribution is -2.31. The van der Waals surface area contributed by atoms with Gasteiger partial charge < -0.3 is 22.9 Å². The maximum Gasteiger partial charge on any atom is 0.0702 e. The van der Waals surface area contributed by atoms with Gasteiger partial charge in [0.05, 0.1) is 5.41 Å². The number of anilines is 4. The van der Waals surface area contributed by atoms with Gasteiger partial charge in [-0.3, -0.25) is 0 Å². The Morgan fingerprint density at radius 3 is 1.13 bits per heavy atom. The summed E-state index contributed by atoms with van der Waals surface area (Å²) < 4.78 is 0. The second-order valence-electron chi connectivity index (χ2n) is 11.8. The normalized spacial score (nSPS) is 11.3. The van der Waals surface area contributed by atoms with E-state index in [-0.39, 0.29) is 0 Å². The topological polar surface area (TPSA) is 104 Å². The third kappa shape index (κ3) is 5.26. The van der Waals surface area contributed by atoms with Crippen molar-refractivity contribution >= 4 is 22.7 Å². The smallest absolute Gasteiger partial charge is 0.0702 e. The van der Waals surface area contributed by atoms with Crippen molar-refractivity contribution in [2.75, 3.05) is 22.9 Å². The van der Waals surface area contributed by atoms with E-state index >= 15 is 0 Å². The molecule has 0 unspecified atom stereocenters. The standard InChI is InChI=1S/C43H36N4/c44-39-17-9-7-15-35(39)37-27-33(23-25-41(37)46)43(31-13-5-2-6-14-31,32-21-19-30(20-22-32)29-11-3-1-4-12-29)34-24-26-42(47)38(28-34)36-16-8-10-18-40(36)45/h1-28H,44-47H2. The largest absolute Gasteiger partial charge is 0.398 e. The first-order valence-corrected chi connectivity index (χ1v) is 15.7. The number of hydrogen-bond acceptors (Lipinski definition) is 4. The number of para-hydroxylation sites is 2. The molecule has 4 heteroatoms. The summed E-state index contributed by atoms with van der Waals surface area (Å²) in [5, 5.41) is 0. The Labute approximate surface area is 275 Å². The Hall–Kier alpha value is -6.26. The minimum absolute atomic E-state index is 0.656. The van der Waals surface area contributed by atoms with Crippen LogP contribution in [0.1, 0.15) is 22.3 Å². The number of nitrogens with two attached hydrogens (primary N) is 4. The minimum Gasteiger partial charge on any atom is -0.398 e. The third-order valence-electron chi connectivity index (χ3n) is 9.11. The zero-order valence-electron chi connectivity index (χ0n) is 26.0. The van der Waals surface area contributed by atoms with Gasteiger partial charge in [0.2, 0.25) is 0 Å². The molecule has 0 saturated heterocycles. The van der Waals surface area contributed by atoms with Crippen LogP contribution in [0.2, 0.25) is 0 Å². The molecule has 0 aliphatic rings. The molecular weight excluding hydrogens is 573 g/mol. The molecule has 0 bridgehead atoms. The van der Waals surface area contributed by atoms with Crippen molar-refractivity contribution in [1.82, 2.24) is 0 Å². The maximum atomic E-state index is 6.68. The van der Waals surface area contributed by atoms with E-state index in [1.807, 2.05) is 72.8 Å². The van der Waals surface area contributed by atoms with E-state index in [1.54, 1.807) is 0 Å². The summed E-state index contributed by atoms with van der Waals surface area (Å²) in [7, 11) is 0. The van der Waals surface area contributed by atoms with Crippen molar-refractivity contribution in [2.24, 2.45) is 0 Å². The molecule has 228 valence electrons. The van der Waals surface area contributed by atoms with E-state index in [9.17, 15) is 0 Å². The fraction of sp³-hybridized carbons (Fsp3) is 0.0233. The van der Waals surface area contributed by atoms with Gasteiger partial charge in [-0.05, 0) is 69.8 Å². The highest BCUT2D eigenvalue weighted by molar-refractivity contribution is 5.87. The van der Waals surface area contributed by atoms with Crippen molar-refractivity contribution in [2.45, 2.75) is 5.41 Å². The van der Waals surface area contributed by atoms with Crippen molar-refractivity contribution < 1.29 is 0 Å². The summed E-state index contributed by atoms with van der Waals surface area (Å²) in [5.74, 6) is 0. The van der Waals surface area contributed by atoms with Crippen molar-refractivity contribution in [3.8, 4) is 33.4 Å². The van der Waals surface area contributed by atoms with Crippen LogP contribution >= 0.6 is 0 Å². The minimum atomic E-state index is -0.769. The van der Waals surface area contributed by atoms with Gasteiger partial charge in [0.1, 0.15) is 0 Å². The average molecular weight is 609 g/mol. The molecule has 8 N–H and O–H groups in total. The monoisotopic (exact) mass is 608 g/mol. The van der Waals surface area contributed by atoms with E-state index in [0.717, 1.165) is 55.6 Å². The number of nitrogen functional groups attached to an aromatic ring is 4. The van der Waals surface area contributed by atoms with Crippen molar-refractivity contribution in [3.05, 3.63) is 192 Å². The van der Waals surface area contributed by atoms with E-state index in [4.69, 9.17) is 22.9 Å². The zero-order valence-corrected chi connectivity index (χ0v) is 26.0. The fourth-order valence-electron chi connectivity index (χ4n) is 6.76. The molecule has 0 atom stereocenters. The Morgan fingerprint density at radius 1 is 0.277 bits per heavy atom. The second-order valence-corrected chi connectivity index (χ2v) is 11.8. The molecule has 0 spiro atoms. The van der Waals surface area contributed by atoms with Gasteiger partial charge in [-0.1, -0.05) is 133 Å². The lowest BCUT2D eigenvalue weighted by Gasteiger charge is -2.38. The van der Waals surface area contributed by atoms with Crippen LogP contribution in [-0.2, 0) is 5.41 Å². The van der Waals surface area contributed by atoms with Gasteiger partial charge in [0.15, 0.2) is 0 Å². The SMILES string of the molecule is Nc1ccccc1-c1cc(C(c2ccccc2)(c2ccc(-c3ccccc3)cc2)c2ccc(N)c(-c3ccccc3N)c2)ccc1N. The Morgan fingerprint density at radius 2 is 0.638 bits per heavy atom. The van der Waals surface area contributed by atoms with Gasteiger partial charge >= 0.3 is 0 Å². The molecular formula is C43H36N4. The quantitative estimate of drug-likeness (QED) is 0.107. The number of benzene rings is 7. The Balaban J connectivity index is 1.57. The Bertz CT molecular complexity index is 2080. The molecule has 0 amide bonds. The highest BCUT2D eigenvalue weighted by Gasteiger charge is 2.39. The zero-order chi connectivity index (χ0) is 32.4. The second kappa shape index (κ2) is 12.3. The first kappa shape index (κ1) is 29.5. The van der Waals surface area contributed by atoms with E-state index in [2.05, 4.69) is 97.1 Å². The van der Waals surface area contributed by atoms with E-state index in [0.29, 0.717) is 22.7 Å². The first-order valence-electron chi connectivity index (χ1n) is 15.7. The van der Waals surface area contributed by atoms with Crippen LogP contribution in [0.15, 0.2) is 170 Å². The lowest BCUT2D eigenvalue weighted by atomic mass is 9.64. The van der Waals surface area contributed by atoms with Crippen molar-refractivity contribution in [3.63, 3.8) is 0 Å². The van der Waals surface area contributed by atoms with Crippen LogP contribution in [0.4, 0.5) is 22.7 Å². The van der Waals surface area contributed by atoms with Gasteiger partial charge in [-0.25, -0.2) is 0 Å². The molecule has 0 radical (unpaired) electrons. The molecule has 0 heterocycles. The molecule has 7 rings (SSSR count). The molecule has 4 nitrogen and oxygen atoms in total. The van der Waals surface area contributed by atoms with E-state index < -0.39 is 5.41 Å². The first-order chi connectivity index (χ1) is 23.0. The van der Waals surface area contributed by atoms with Crippen molar-refractivity contribution in [1.29, 1.82) is 0 Å². The molecule has 0 aromatic heterocycles. The predicted molar refractivity (Wildman–Crippen MR) is 199 cm³/mol. The van der Waals surface area contributed by atoms with Crippen LogP contribution in [0.3, 0.4) is 0 Å². The summed E-state index contributed by atoms with van der Waals surface area (Å²) in [6, 6.07) is 58.2. The molecule has 7 aromatic rings.